The molecule has 186 valence electrons. The van der Waals surface area contributed by atoms with Gasteiger partial charge >= 0.3 is 5.97 Å². The molecule has 0 spiro atoms. The number of ether oxygens (including phenoxy) is 1. The van der Waals surface area contributed by atoms with Crippen molar-refractivity contribution < 1.29 is 24.2 Å². The van der Waals surface area contributed by atoms with Crippen LogP contribution in [0.5, 0.6) is 0 Å². The Bertz CT molecular complexity index is 552. The Morgan fingerprint density at radius 1 is 0.938 bits per heavy atom. The predicted molar refractivity (Wildman–Crippen MR) is 131 cm³/mol. The van der Waals surface area contributed by atoms with Crippen LogP contribution in [-0.2, 0) is 19.1 Å². The van der Waals surface area contributed by atoms with E-state index in [1.807, 2.05) is 6.08 Å². The Balaban J connectivity index is 3.82. The molecule has 2 unspecified atom stereocenters. The number of unbranched alkanes of at least 4 members (excludes halogenated alkanes) is 7. The van der Waals surface area contributed by atoms with Gasteiger partial charge in [-0.1, -0.05) is 51.2 Å². The van der Waals surface area contributed by atoms with Crippen LogP contribution in [0.1, 0.15) is 84.0 Å². The number of esters is 1. The van der Waals surface area contributed by atoms with E-state index in [9.17, 15) is 19.5 Å². The van der Waals surface area contributed by atoms with Gasteiger partial charge in [-0.05, 0) is 38.5 Å². The van der Waals surface area contributed by atoms with Gasteiger partial charge in [0.25, 0.3) is 0 Å². The van der Waals surface area contributed by atoms with E-state index in [2.05, 4.69) is 22.4 Å². The van der Waals surface area contributed by atoms with Gasteiger partial charge in [0.1, 0.15) is 17.9 Å². The van der Waals surface area contributed by atoms with E-state index in [0.717, 1.165) is 69.9 Å². The van der Waals surface area contributed by atoms with Crippen molar-refractivity contribution in [3.05, 3.63) is 12.2 Å². The summed E-state index contributed by atoms with van der Waals surface area (Å²) in [5, 5.41) is 10.4. The number of carbonyl (C=O) groups is 3. The van der Waals surface area contributed by atoms with Crippen LogP contribution in [-0.4, -0.2) is 46.9 Å². The number of aliphatic hydroxyl groups excluding tert-OH is 1. The summed E-state index contributed by atoms with van der Waals surface area (Å²) in [6.07, 6.45) is 13.1. The maximum Gasteiger partial charge on any atom is 0.321 e. The van der Waals surface area contributed by atoms with Gasteiger partial charge in [-0.3, -0.25) is 23.8 Å². The number of rotatable bonds is 20. The average Bonchev–Trinajstić information content (AvgIpc) is 2.79. The number of carbonyl (C=O) groups excluding carboxylic acids is 3. The Kier molecular flexibility index (Phi) is 21.2. The maximum atomic E-state index is 11.6. The van der Waals surface area contributed by atoms with Crippen molar-refractivity contribution in [2.75, 3.05) is 11.8 Å². The first kappa shape index (κ1) is 31.0. The summed E-state index contributed by atoms with van der Waals surface area (Å²) in [6, 6.07) is 0. The van der Waals surface area contributed by atoms with E-state index in [1.54, 1.807) is 0 Å². The Hall–Kier alpha value is -0.960. The van der Waals surface area contributed by atoms with E-state index >= 15 is 0 Å². The molecular weight excluding hydrogens is 475 g/mol. The number of alkyl halides is 2. The molecule has 0 aromatic carbocycles. The molecule has 0 heterocycles. The first-order valence-electron chi connectivity index (χ1n) is 11.3. The fraction of sp³-hybridized carbons (Fsp3) is 0.773. The van der Waals surface area contributed by atoms with Crippen LogP contribution < -0.4 is 9.44 Å². The van der Waals surface area contributed by atoms with Crippen LogP contribution in [0, 0.1) is 0 Å². The zero-order chi connectivity index (χ0) is 24.0. The van der Waals surface area contributed by atoms with Gasteiger partial charge in [0.05, 0.1) is 18.2 Å². The number of hydrogen-bond donors (Lipinski definition) is 3. The zero-order valence-corrected chi connectivity index (χ0v) is 21.3. The van der Waals surface area contributed by atoms with Gasteiger partial charge in [-0.15, -0.1) is 23.2 Å². The van der Waals surface area contributed by atoms with Gasteiger partial charge in [-0.2, -0.15) is 0 Å². The van der Waals surface area contributed by atoms with Gasteiger partial charge in [-0.25, -0.2) is 0 Å². The summed E-state index contributed by atoms with van der Waals surface area (Å²) >= 11 is 11.7. The summed E-state index contributed by atoms with van der Waals surface area (Å²) in [4.78, 5) is 34.0. The summed E-state index contributed by atoms with van der Waals surface area (Å²) in [5.74, 6) is -1.30. The lowest BCUT2D eigenvalue weighted by Crippen LogP contribution is -2.31. The third-order valence-electron chi connectivity index (χ3n) is 4.68. The fourth-order valence-electron chi connectivity index (χ4n) is 2.93. The third kappa shape index (κ3) is 18.6. The Morgan fingerprint density at radius 2 is 1.62 bits per heavy atom. The molecule has 0 aliphatic heterocycles. The fourth-order valence-corrected chi connectivity index (χ4v) is 3.59. The highest BCUT2D eigenvalue weighted by atomic mass is 35.5. The standard InChI is InChI=1S/C22H38Cl2N2O5S/c1-2-3-10-14-19(31-22(30)17-24)18(27)13-11-8-6-4-5-7-9-12-15-20(28)25-32-26-21(29)16-23/h8,11,18-19,27H,2-7,9-10,12-17H2,1H3,(H,25,28)(H,26,29)/b11-8-. The summed E-state index contributed by atoms with van der Waals surface area (Å²) in [6.45, 7) is 2.10. The molecule has 0 aromatic rings. The molecule has 0 aromatic heterocycles. The zero-order valence-electron chi connectivity index (χ0n) is 19.0. The van der Waals surface area contributed by atoms with Gasteiger partial charge < -0.3 is 9.84 Å². The van der Waals surface area contributed by atoms with Crippen molar-refractivity contribution in [1.82, 2.24) is 9.44 Å². The first-order chi connectivity index (χ1) is 15.4. The molecule has 0 radical (unpaired) electrons. The topological polar surface area (TPSA) is 105 Å². The molecule has 2 amide bonds. The lowest BCUT2D eigenvalue weighted by atomic mass is 10.0. The highest BCUT2D eigenvalue weighted by Crippen LogP contribution is 2.15. The summed E-state index contributed by atoms with van der Waals surface area (Å²) in [7, 11) is 0. The van der Waals surface area contributed by atoms with Crippen molar-refractivity contribution in [1.29, 1.82) is 0 Å². The predicted octanol–water partition coefficient (Wildman–Crippen LogP) is 4.79. The first-order valence-corrected chi connectivity index (χ1v) is 13.2. The van der Waals surface area contributed by atoms with Crippen molar-refractivity contribution in [3.63, 3.8) is 0 Å². The van der Waals surface area contributed by atoms with Crippen LogP contribution in [0.15, 0.2) is 12.2 Å². The van der Waals surface area contributed by atoms with Crippen molar-refractivity contribution in [3.8, 4) is 0 Å². The Morgan fingerprint density at radius 3 is 2.31 bits per heavy atom. The second-order valence-electron chi connectivity index (χ2n) is 7.52. The second kappa shape index (κ2) is 21.9. The number of aliphatic hydroxyl groups is 1. The Labute approximate surface area is 206 Å². The molecule has 0 aliphatic carbocycles. The third-order valence-corrected chi connectivity index (χ3v) is 5.80. The average molecular weight is 514 g/mol. The number of halogens is 2. The van der Waals surface area contributed by atoms with Crippen LogP contribution in [0.2, 0.25) is 0 Å². The normalized spacial score (nSPS) is 13.0. The molecule has 0 fully saturated rings. The summed E-state index contributed by atoms with van der Waals surface area (Å²) < 4.78 is 10.2. The quantitative estimate of drug-likeness (QED) is 0.0711. The monoisotopic (exact) mass is 512 g/mol. The van der Waals surface area contributed by atoms with Crippen LogP contribution in [0.25, 0.3) is 0 Å². The number of nitrogens with one attached hydrogen (secondary N) is 2. The van der Waals surface area contributed by atoms with Gasteiger partial charge in [0.15, 0.2) is 0 Å². The highest BCUT2D eigenvalue weighted by molar-refractivity contribution is 7.96. The molecule has 10 heteroatoms. The molecule has 3 N–H and O–H groups in total. The van der Waals surface area contributed by atoms with E-state index in [1.165, 1.54) is 0 Å². The summed E-state index contributed by atoms with van der Waals surface area (Å²) in [5.41, 5.74) is 0. The molecule has 0 bridgehead atoms. The largest absolute Gasteiger partial charge is 0.459 e. The van der Waals surface area contributed by atoms with E-state index in [4.69, 9.17) is 27.9 Å². The minimum absolute atomic E-state index is 0.115. The van der Waals surface area contributed by atoms with Crippen molar-refractivity contribution >= 4 is 53.1 Å². The minimum atomic E-state index is -0.720. The molecular formula is C22H38Cl2N2O5S. The van der Waals surface area contributed by atoms with Crippen LogP contribution in [0.4, 0.5) is 0 Å². The van der Waals surface area contributed by atoms with Crippen LogP contribution in [0.3, 0.4) is 0 Å². The van der Waals surface area contributed by atoms with Crippen molar-refractivity contribution in [2.45, 2.75) is 96.2 Å². The molecule has 32 heavy (non-hydrogen) atoms. The second-order valence-corrected chi connectivity index (χ2v) is 8.67. The van der Waals surface area contributed by atoms with E-state index in [-0.39, 0.29) is 23.6 Å². The highest BCUT2D eigenvalue weighted by Gasteiger charge is 2.21. The minimum Gasteiger partial charge on any atom is -0.459 e. The van der Waals surface area contributed by atoms with Gasteiger partial charge in [0, 0.05) is 6.42 Å². The number of hydrogen-bond acceptors (Lipinski definition) is 6. The SMILES string of the molecule is CCCCCC(OC(=O)CCl)C(O)C/C=C\CCCCCCCC(=O)NSNC(=O)CCl. The smallest absolute Gasteiger partial charge is 0.321 e. The molecule has 0 saturated carbocycles. The van der Waals surface area contributed by atoms with E-state index < -0.39 is 18.2 Å². The molecule has 2 atom stereocenters. The molecule has 0 aliphatic rings. The van der Waals surface area contributed by atoms with Crippen LogP contribution >= 0.6 is 35.3 Å². The maximum absolute atomic E-state index is 11.6. The number of allylic oxidation sites excluding steroid dienone is 1. The molecule has 0 saturated heterocycles. The molecule has 7 nitrogen and oxygen atoms in total. The lowest BCUT2D eigenvalue weighted by Gasteiger charge is -2.22. The lowest BCUT2D eigenvalue weighted by molar-refractivity contribution is -0.152. The van der Waals surface area contributed by atoms with E-state index in [0.29, 0.717) is 19.3 Å². The van der Waals surface area contributed by atoms with Crippen molar-refractivity contribution in [2.24, 2.45) is 0 Å². The number of amides is 2. The van der Waals surface area contributed by atoms with Gasteiger partial charge in [0.2, 0.25) is 11.8 Å². The molecule has 0 rings (SSSR count).